The van der Waals surface area contributed by atoms with E-state index in [0.29, 0.717) is 13.2 Å². The molecule has 1 fully saturated rings. The minimum absolute atomic E-state index is 0.107. The van der Waals surface area contributed by atoms with Gasteiger partial charge < -0.3 is 14.6 Å². The number of ether oxygens (including phenoxy) is 2. The second-order valence-corrected chi connectivity index (χ2v) is 6.34. The molecule has 1 aliphatic heterocycles. The molecule has 0 bridgehead atoms. The first-order valence-corrected chi connectivity index (χ1v) is 7.74. The number of allylic oxidation sites excluding steroid dienone is 3. The van der Waals surface area contributed by atoms with E-state index in [4.69, 9.17) is 9.47 Å². The van der Waals surface area contributed by atoms with Crippen molar-refractivity contribution in [2.75, 3.05) is 19.8 Å². The van der Waals surface area contributed by atoms with Gasteiger partial charge in [-0.05, 0) is 43.8 Å². The molecule has 0 aromatic carbocycles. The Kier molecular flexibility index (Phi) is 5.36. The lowest BCUT2D eigenvalue weighted by Crippen LogP contribution is -2.47. The molecule has 21 heavy (non-hydrogen) atoms. The molecule has 0 aromatic rings. The van der Waals surface area contributed by atoms with Crippen molar-refractivity contribution in [3.63, 3.8) is 0 Å². The molecule has 0 saturated carbocycles. The smallest absolute Gasteiger partial charge is 0.174 e. The van der Waals surface area contributed by atoms with Gasteiger partial charge in [0.05, 0.1) is 19.8 Å². The molecule has 1 heterocycles. The fourth-order valence-electron chi connectivity index (χ4n) is 3.30. The third-order valence-corrected chi connectivity index (χ3v) is 4.84. The SMILES string of the molecule is C/C(C=O)=C\CCC1(C)CC=C(CO)CCC12OCCO2. The van der Waals surface area contributed by atoms with Crippen LogP contribution in [0.5, 0.6) is 0 Å². The van der Waals surface area contributed by atoms with Crippen LogP contribution in [0.15, 0.2) is 23.3 Å². The average molecular weight is 294 g/mol. The predicted octanol–water partition coefficient (Wildman–Crippen LogP) is 2.76. The Labute approximate surface area is 126 Å². The Morgan fingerprint density at radius 1 is 1.43 bits per heavy atom. The highest BCUT2D eigenvalue weighted by Crippen LogP contribution is 2.50. The topological polar surface area (TPSA) is 55.8 Å². The van der Waals surface area contributed by atoms with Crippen LogP contribution in [0.2, 0.25) is 0 Å². The number of aliphatic hydroxyl groups excluding tert-OH is 1. The summed E-state index contributed by atoms with van der Waals surface area (Å²) in [4.78, 5) is 10.7. The first-order chi connectivity index (χ1) is 10.1. The minimum Gasteiger partial charge on any atom is -0.392 e. The Balaban J connectivity index is 2.17. The molecule has 1 spiro atoms. The van der Waals surface area contributed by atoms with E-state index in [9.17, 15) is 9.90 Å². The van der Waals surface area contributed by atoms with Gasteiger partial charge in [0.1, 0.15) is 6.29 Å². The molecule has 1 atom stereocenters. The Hall–Kier alpha value is -0.970. The quantitative estimate of drug-likeness (QED) is 0.481. The number of hydrogen-bond donors (Lipinski definition) is 1. The summed E-state index contributed by atoms with van der Waals surface area (Å²) in [5.74, 6) is -0.552. The van der Waals surface area contributed by atoms with Crippen molar-refractivity contribution in [2.45, 2.75) is 51.7 Å². The van der Waals surface area contributed by atoms with Crippen LogP contribution in [0, 0.1) is 5.41 Å². The summed E-state index contributed by atoms with van der Waals surface area (Å²) in [6.07, 6.45) is 9.15. The summed E-state index contributed by atoms with van der Waals surface area (Å²) >= 11 is 0. The second kappa shape index (κ2) is 6.86. The molecule has 4 nitrogen and oxygen atoms in total. The molecule has 4 heteroatoms. The first-order valence-electron chi connectivity index (χ1n) is 7.74. The van der Waals surface area contributed by atoms with Crippen molar-refractivity contribution >= 4 is 6.29 Å². The molecule has 2 aliphatic rings. The van der Waals surface area contributed by atoms with Crippen molar-refractivity contribution < 1.29 is 19.4 Å². The maximum absolute atomic E-state index is 10.7. The molecule has 0 radical (unpaired) electrons. The van der Waals surface area contributed by atoms with E-state index >= 15 is 0 Å². The van der Waals surface area contributed by atoms with Gasteiger partial charge in [-0.25, -0.2) is 0 Å². The van der Waals surface area contributed by atoms with Crippen molar-refractivity contribution in [3.05, 3.63) is 23.3 Å². The molecule has 1 aliphatic carbocycles. The number of carbonyl (C=O) groups excluding carboxylic acids is 1. The standard InChI is InChI=1S/C17H26O4/c1-14(12-18)4-3-7-16(2)8-5-15(13-19)6-9-17(16)20-10-11-21-17/h4-5,12,19H,3,6-11,13H2,1-2H3/b14-4+. The largest absolute Gasteiger partial charge is 0.392 e. The normalized spacial score (nSPS) is 29.3. The number of hydrogen-bond acceptors (Lipinski definition) is 4. The van der Waals surface area contributed by atoms with E-state index in [2.05, 4.69) is 13.0 Å². The van der Waals surface area contributed by atoms with Crippen molar-refractivity contribution in [2.24, 2.45) is 5.41 Å². The molecule has 1 unspecified atom stereocenters. The monoisotopic (exact) mass is 294 g/mol. The maximum atomic E-state index is 10.7. The lowest BCUT2D eigenvalue weighted by Gasteiger charge is -2.43. The number of aldehydes is 1. The minimum atomic E-state index is -0.552. The zero-order valence-electron chi connectivity index (χ0n) is 13.1. The molecular formula is C17H26O4. The van der Waals surface area contributed by atoms with Crippen LogP contribution < -0.4 is 0 Å². The number of aliphatic hydroxyl groups is 1. The number of rotatable bonds is 5. The van der Waals surface area contributed by atoms with E-state index in [1.807, 2.05) is 13.0 Å². The molecule has 118 valence electrons. The van der Waals surface area contributed by atoms with Crippen LogP contribution in [-0.2, 0) is 14.3 Å². The van der Waals surface area contributed by atoms with Gasteiger partial charge >= 0.3 is 0 Å². The molecule has 1 N–H and O–H groups in total. The Bertz CT molecular complexity index is 432. The van der Waals surface area contributed by atoms with Crippen molar-refractivity contribution in [1.29, 1.82) is 0 Å². The van der Waals surface area contributed by atoms with Gasteiger partial charge in [0.15, 0.2) is 5.79 Å². The lowest BCUT2D eigenvalue weighted by atomic mass is 9.73. The van der Waals surface area contributed by atoms with Gasteiger partial charge in [0.25, 0.3) is 0 Å². The summed E-state index contributed by atoms with van der Waals surface area (Å²) in [6.45, 7) is 5.39. The van der Waals surface area contributed by atoms with Gasteiger partial charge in [-0.2, -0.15) is 0 Å². The summed E-state index contributed by atoms with van der Waals surface area (Å²) in [7, 11) is 0. The van der Waals surface area contributed by atoms with E-state index < -0.39 is 5.79 Å². The van der Waals surface area contributed by atoms with E-state index in [0.717, 1.165) is 49.5 Å². The third kappa shape index (κ3) is 3.44. The van der Waals surface area contributed by atoms with Crippen LogP contribution in [0.25, 0.3) is 0 Å². The lowest BCUT2D eigenvalue weighted by molar-refractivity contribution is -0.236. The molecule has 1 saturated heterocycles. The molecular weight excluding hydrogens is 268 g/mol. The average Bonchev–Trinajstić information content (AvgIpc) is 2.92. The van der Waals surface area contributed by atoms with Gasteiger partial charge in [-0.15, -0.1) is 0 Å². The third-order valence-electron chi connectivity index (χ3n) is 4.84. The van der Waals surface area contributed by atoms with Crippen LogP contribution >= 0.6 is 0 Å². The van der Waals surface area contributed by atoms with Gasteiger partial charge in [0.2, 0.25) is 0 Å². The zero-order chi connectivity index (χ0) is 15.3. The van der Waals surface area contributed by atoms with Crippen LogP contribution in [0.1, 0.15) is 46.0 Å². The fraction of sp³-hybridized carbons (Fsp3) is 0.706. The molecule has 0 amide bonds. The highest BCUT2D eigenvalue weighted by atomic mass is 16.7. The van der Waals surface area contributed by atoms with Crippen molar-refractivity contribution in [3.8, 4) is 0 Å². The van der Waals surface area contributed by atoms with Crippen LogP contribution in [0.4, 0.5) is 0 Å². The maximum Gasteiger partial charge on any atom is 0.174 e. The predicted molar refractivity (Wildman–Crippen MR) is 80.8 cm³/mol. The summed E-state index contributed by atoms with van der Waals surface area (Å²) in [6, 6.07) is 0. The van der Waals surface area contributed by atoms with E-state index in [1.54, 1.807) is 0 Å². The number of carbonyl (C=O) groups is 1. The molecule has 2 rings (SSSR count). The summed E-state index contributed by atoms with van der Waals surface area (Å²) in [5.41, 5.74) is 1.69. The summed E-state index contributed by atoms with van der Waals surface area (Å²) < 4.78 is 12.1. The highest BCUT2D eigenvalue weighted by Gasteiger charge is 2.52. The Morgan fingerprint density at radius 3 is 2.76 bits per heavy atom. The van der Waals surface area contributed by atoms with Gasteiger partial charge in [-0.1, -0.05) is 19.1 Å². The van der Waals surface area contributed by atoms with Crippen molar-refractivity contribution in [1.82, 2.24) is 0 Å². The van der Waals surface area contributed by atoms with E-state index in [-0.39, 0.29) is 12.0 Å². The second-order valence-electron chi connectivity index (χ2n) is 6.34. The molecule has 0 aromatic heterocycles. The van der Waals surface area contributed by atoms with Gasteiger partial charge in [0, 0.05) is 11.8 Å². The van der Waals surface area contributed by atoms with Crippen LogP contribution in [0.3, 0.4) is 0 Å². The van der Waals surface area contributed by atoms with E-state index in [1.165, 1.54) is 0 Å². The zero-order valence-corrected chi connectivity index (χ0v) is 13.1. The Morgan fingerprint density at radius 2 is 2.14 bits per heavy atom. The van der Waals surface area contributed by atoms with Gasteiger partial charge in [-0.3, -0.25) is 4.79 Å². The van der Waals surface area contributed by atoms with Crippen LogP contribution in [-0.4, -0.2) is 37.0 Å². The first kappa shape index (κ1) is 16.4. The fourth-order valence-corrected chi connectivity index (χ4v) is 3.30. The summed E-state index contributed by atoms with van der Waals surface area (Å²) in [5, 5.41) is 9.40. The highest BCUT2D eigenvalue weighted by molar-refractivity contribution is 5.71.